The van der Waals surface area contributed by atoms with Crippen molar-refractivity contribution in [2.24, 2.45) is 29.6 Å². The van der Waals surface area contributed by atoms with Gasteiger partial charge in [0.2, 0.25) is 23.6 Å². The molecule has 0 unspecified atom stereocenters. The molecule has 8 heteroatoms. The van der Waals surface area contributed by atoms with Crippen LogP contribution < -0.4 is 4.74 Å². The standard InChI is InChI=1S/C23H24N2O6/c1-24-20(27)13-7-6-11-14(18(13)22(24)29)9-15-19(23(30)25(2)21(15)28)17(11)12-5-4-10(26)8-16(12)31-3/h4-6,8,13-15,17-19,26H,7,9H2,1-3H3/t13-,14+,15+,17+,18-,19+/m0/s1. The van der Waals surface area contributed by atoms with Crippen molar-refractivity contribution in [3.63, 3.8) is 0 Å². The van der Waals surface area contributed by atoms with E-state index in [2.05, 4.69) is 0 Å². The number of fused-ring (bicyclic) bond motifs is 4. The third-order valence-corrected chi connectivity index (χ3v) is 7.64. The van der Waals surface area contributed by atoms with E-state index in [1.807, 2.05) is 6.08 Å². The van der Waals surface area contributed by atoms with Crippen molar-refractivity contribution in [3.8, 4) is 11.5 Å². The number of rotatable bonds is 2. The average Bonchev–Trinajstić information content (AvgIpc) is 3.12. The fourth-order valence-corrected chi connectivity index (χ4v) is 6.21. The number of ether oxygens (including phenoxy) is 1. The predicted octanol–water partition coefficient (Wildman–Crippen LogP) is 1.30. The first-order chi connectivity index (χ1) is 14.8. The minimum absolute atomic E-state index is 0.0336. The number of nitrogens with zero attached hydrogens (tertiary/aromatic N) is 2. The SMILES string of the molecule is COc1cc(O)ccc1[C@H]1C2=CC[C@@H]3C(=O)N(C)C(=O)[C@@H]3[C@@H]2C[C@H]2C(=O)N(C)C(=O)[C@@H]12. The largest absolute Gasteiger partial charge is 0.508 e. The van der Waals surface area contributed by atoms with Gasteiger partial charge in [-0.25, -0.2) is 0 Å². The van der Waals surface area contributed by atoms with Gasteiger partial charge in [-0.2, -0.15) is 0 Å². The summed E-state index contributed by atoms with van der Waals surface area (Å²) in [5.74, 6) is -3.29. The van der Waals surface area contributed by atoms with Crippen LogP contribution in [0.1, 0.15) is 24.3 Å². The molecule has 162 valence electrons. The van der Waals surface area contributed by atoms with Gasteiger partial charge in [-0.05, 0) is 24.8 Å². The lowest BCUT2D eigenvalue weighted by Gasteiger charge is -2.44. The molecule has 4 aliphatic rings. The molecule has 0 bridgehead atoms. The van der Waals surface area contributed by atoms with Gasteiger partial charge in [-0.3, -0.25) is 29.0 Å². The average molecular weight is 424 g/mol. The van der Waals surface area contributed by atoms with E-state index in [-0.39, 0.29) is 35.3 Å². The van der Waals surface area contributed by atoms with E-state index < -0.39 is 29.6 Å². The van der Waals surface area contributed by atoms with Crippen molar-refractivity contribution in [1.29, 1.82) is 0 Å². The zero-order valence-electron chi connectivity index (χ0n) is 17.6. The molecule has 1 saturated carbocycles. The van der Waals surface area contributed by atoms with Gasteiger partial charge in [0, 0.05) is 31.6 Å². The maximum atomic E-state index is 13.1. The van der Waals surface area contributed by atoms with Crippen LogP contribution in [-0.2, 0) is 19.2 Å². The van der Waals surface area contributed by atoms with Gasteiger partial charge >= 0.3 is 0 Å². The van der Waals surface area contributed by atoms with Crippen LogP contribution in [0.5, 0.6) is 11.5 Å². The Bertz CT molecular complexity index is 1060. The molecule has 2 saturated heterocycles. The second kappa shape index (κ2) is 6.67. The van der Waals surface area contributed by atoms with Crippen LogP contribution in [0.2, 0.25) is 0 Å². The summed E-state index contributed by atoms with van der Waals surface area (Å²) in [5.41, 5.74) is 1.62. The van der Waals surface area contributed by atoms with Gasteiger partial charge in [-0.1, -0.05) is 17.7 Å². The zero-order valence-corrected chi connectivity index (χ0v) is 17.6. The highest BCUT2D eigenvalue weighted by Gasteiger charge is 2.61. The molecule has 3 fully saturated rings. The van der Waals surface area contributed by atoms with E-state index in [9.17, 15) is 24.3 Å². The molecule has 5 rings (SSSR count). The quantitative estimate of drug-likeness (QED) is 0.567. The number of likely N-dealkylation sites (tertiary alicyclic amines) is 2. The molecular weight excluding hydrogens is 400 g/mol. The molecule has 1 N–H and O–H groups in total. The summed E-state index contributed by atoms with van der Waals surface area (Å²) >= 11 is 0. The Morgan fingerprint density at radius 3 is 2.23 bits per heavy atom. The molecular formula is C23H24N2O6. The number of imide groups is 2. The lowest BCUT2D eigenvalue weighted by atomic mass is 9.57. The van der Waals surface area contributed by atoms with Gasteiger partial charge in [0.1, 0.15) is 11.5 Å². The van der Waals surface area contributed by atoms with Gasteiger partial charge in [0.05, 0.1) is 30.8 Å². The van der Waals surface area contributed by atoms with Crippen LogP contribution in [0.3, 0.4) is 0 Å². The van der Waals surface area contributed by atoms with Gasteiger partial charge in [-0.15, -0.1) is 0 Å². The monoisotopic (exact) mass is 424 g/mol. The number of methoxy groups -OCH3 is 1. The molecule has 0 radical (unpaired) electrons. The Hall–Kier alpha value is -3.16. The Kier molecular flexibility index (Phi) is 4.26. The normalized spacial score (nSPS) is 34.5. The Labute approximate surface area is 179 Å². The fraction of sp³-hybridized carbons (Fsp3) is 0.478. The molecule has 1 aromatic rings. The first-order valence-corrected chi connectivity index (χ1v) is 10.5. The Morgan fingerprint density at radius 2 is 1.55 bits per heavy atom. The highest BCUT2D eigenvalue weighted by molar-refractivity contribution is 6.07. The van der Waals surface area contributed by atoms with Crippen LogP contribution >= 0.6 is 0 Å². The smallest absolute Gasteiger partial charge is 0.233 e. The lowest BCUT2D eigenvalue weighted by Crippen LogP contribution is -2.43. The van der Waals surface area contributed by atoms with Gasteiger partial charge in [0.25, 0.3) is 0 Å². The van der Waals surface area contributed by atoms with Crippen molar-refractivity contribution in [2.45, 2.75) is 18.8 Å². The zero-order chi connectivity index (χ0) is 22.2. The molecule has 1 aromatic carbocycles. The molecule has 0 spiro atoms. The van der Waals surface area contributed by atoms with Crippen molar-refractivity contribution < 1.29 is 29.0 Å². The Morgan fingerprint density at radius 1 is 0.903 bits per heavy atom. The molecule has 4 amide bonds. The molecule has 2 heterocycles. The van der Waals surface area contributed by atoms with Crippen LogP contribution in [0.15, 0.2) is 29.8 Å². The number of carbonyl (C=O) groups is 4. The van der Waals surface area contributed by atoms with E-state index in [0.29, 0.717) is 24.2 Å². The summed E-state index contributed by atoms with van der Waals surface area (Å²) in [7, 11) is 4.49. The number of hydrogen-bond donors (Lipinski definition) is 1. The first-order valence-electron chi connectivity index (χ1n) is 10.5. The van der Waals surface area contributed by atoms with Crippen molar-refractivity contribution in [3.05, 3.63) is 35.4 Å². The number of hydrogen-bond acceptors (Lipinski definition) is 6. The topological polar surface area (TPSA) is 104 Å². The summed E-state index contributed by atoms with van der Waals surface area (Å²) in [4.78, 5) is 54.1. The minimum Gasteiger partial charge on any atom is -0.508 e. The summed E-state index contributed by atoms with van der Waals surface area (Å²) in [6.45, 7) is 0. The number of aromatic hydroxyl groups is 1. The number of allylic oxidation sites excluding steroid dienone is 2. The second-order valence-electron chi connectivity index (χ2n) is 8.92. The number of phenols is 1. The van der Waals surface area contributed by atoms with Crippen LogP contribution in [0.4, 0.5) is 0 Å². The molecule has 2 aliphatic heterocycles. The summed E-state index contributed by atoms with van der Waals surface area (Å²) < 4.78 is 5.51. The van der Waals surface area contributed by atoms with E-state index in [0.717, 1.165) is 5.57 Å². The first kappa shape index (κ1) is 19.8. The molecule has 6 atom stereocenters. The number of phenolic OH excluding ortho intramolecular Hbond substituents is 1. The van der Waals surface area contributed by atoms with Crippen LogP contribution in [0.25, 0.3) is 0 Å². The molecule has 31 heavy (non-hydrogen) atoms. The van der Waals surface area contributed by atoms with E-state index in [4.69, 9.17) is 4.74 Å². The van der Waals surface area contributed by atoms with Gasteiger partial charge < -0.3 is 9.84 Å². The molecule has 0 aromatic heterocycles. The third-order valence-electron chi connectivity index (χ3n) is 7.64. The summed E-state index contributed by atoms with van der Waals surface area (Å²) in [5, 5.41) is 9.93. The predicted molar refractivity (Wildman–Crippen MR) is 108 cm³/mol. The second-order valence-corrected chi connectivity index (χ2v) is 8.92. The van der Waals surface area contributed by atoms with Crippen LogP contribution in [-0.4, -0.2) is 59.7 Å². The minimum atomic E-state index is -0.597. The number of amides is 4. The van der Waals surface area contributed by atoms with Crippen molar-refractivity contribution in [2.75, 3.05) is 21.2 Å². The maximum Gasteiger partial charge on any atom is 0.233 e. The summed E-state index contributed by atoms with van der Waals surface area (Å²) in [6.07, 6.45) is 2.79. The highest BCUT2D eigenvalue weighted by atomic mass is 16.5. The summed E-state index contributed by atoms with van der Waals surface area (Å²) in [6, 6.07) is 4.74. The molecule has 2 aliphatic carbocycles. The Balaban J connectivity index is 1.69. The third kappa shape index (κ3) is 2.53. The lowest BCUT2D eigenvalue weighted by molar-refractivity contribution is -0.140. The number of carbonyl (C=O) groups excluding carboxylic acids is 4. The fourth-order valence-electron chi connectivity index (χ4n) is 6.21. The van der Waals surface area contributed by atoms with Crippen molar-refractivity contribution in [1.82, 2.24) is 9.80 Å². The molecule has 8 nitrogen and oxygen atoms in total. The van der Waals surface area contributed by atoms with Crippen molar-refractivity contribution >= 4 is 23.6 Å². The maximum absolute atomic E-state index is 13.1. The number of benzene rings is 1. The highest BCUT2D eigenvalue weighted by Crippen LogP contribution is 2.58. The van der Waals surface area contributed by atoms with E-state index in [1.54, 1.807) is 6.07 Å². The van der Waals surface area contributed by atoms with Crippen LogP contribution in [0, 0.1) is 29.6 Å². The van der Waals surface area contributed by atoms with E-state index >= 15 is 0 Å². The van der Waals surface area contributed by atoms with Gasteiger partial charge in [0.15, 0.2) is 0 Å². The van der Waals surface area contributed by atoms with E-state index in [1.165, 1.54) is 43.1 Å².